The normalized spacial score (nSPS) is 14.5. The summed E-state index contributed by atoms with van der Waals surface area (Å²) in [7, 11) is 1.35. The Morgan fingerprint density at radius 1 is 0.970 bits per heavy atom. The Morgan fingerprint density at radius 2 is 1.52 bits per heavy atom. The van der Waals surface area contributed by atoms with Gasteiger partial charge in [-0.3, -0.25) is 4.79 Å². The van der Waals surface area contributed by atoms with E-state index in [0.717, 1.165) is 22.3 Å². The van der Waals surface area contributed by atoms with Gasteiger partial charge in [0.05, 0.1) is 6.61 Å². The SMILES string of the molecule is COC[C@H](NC(=O)C(NC(=O)OCC1c2ccccc2-c2ccccc21)C(C)(C)C)C(=O)O. The Labute approximate surface area is 193 Å². The van der Waals surface area contributed by atoms with E-state index in [1.165, 1.54) is 7.11 Å². The first-order valence-corrected chi connectivity index (χ1v) is 10.8. The molecular formula is C25H30N2O6. The molecule has 0 aliphatic heterocycles. The number of hydrogen-bond acceptors (Lipinski definition) is 5. The van der Waals surface area contributed by atoms with Crippen LogP contribution >= 0.6 is 0 Å². The number of ether oxygens (including phenoxy) is 2. The van der Waals surface area contributed by atoms with Crippen molar-refractivity contribution in [3.05, 3.63) is 59.7 Å². The Kier molecular flexibility index (Phi) is 7.38. The molecule has 2 amide bonds. The minimum Gasteiger partial charge on any atom is -0.480 e. The molecule has 0 saturated carbocycles. The number of amides is 2. The molecule has 8 heteroatoms. The van der Waals surface area contributed by atoms with E-state index in [-0.39, 0.29) is 19.1 Å². The lowest BCUT2D eigenvalue weighted by atomic mass is 9.86. The number of rotatable bonds is 8. The van der Waals surface area contributed by atoms with Gasteiger partial charge in [0.25, 0.3) is 0 Å². The summed E-state index contributed by atoms with van der Waals surface area (Å²) in [4.78, 5) is 36.8. The third kappa shape index (κ3) is 5.51. The number of hydrogen-bond donors (Lipinski definition) is 3. The van der Waals surface area contributed by atoms with Crippen LogP contribution in [0.1, 0.15) is 37.8 Å². The molecule has 0 spiro atoms. The number of aliphatic carboxylic acids is 1. The second-order valence-corrected chi connectivity index (χ2v) is 9.12. The van der Waals surface area contributed by atoms with Crippen LogP contribution in [-0.2, 0) is 19.1 Å². The number of carboxylic acid groups (broad SMARTS) is 1. The number of carbonyl (C=O) groups is 3. The van der Waals surface area contributed by atoms with Crippen molar-refractivity contribution in [2.75, 3.05) is 20.3 Å². The molecule has 1 aliphatic rings. The van der Waals surface area contributed by atoms with Crippen LogP contribution in [0, 0.1) is 5.41 Å². The van der Waals surface area contributed by atoms with Crippen molar-refractivity contribution < 1.29 is 29.0 Å². The first-order chi connectivity index (χ1) is 15.6. The molecule has 0 radical (unpaired) electrons. The third-order valence-electron chi connectivity index (χ3n) is 5.68. The van der Waals surface area contributed by atoms with E-state index < -0.39 is 35.5 Å². The maximum Gasteiger partial charge on any atom is 0.407 e. The summed E-state index contributed by atoms with van der Waals surface area (Å²) in [6.45, 7) is 5.23. The zero-order chi connectivity index (χ0) is 24.2. The molecule has 176 valence electrons. The number of fused-ring (bicyclic) bond motifs is 3. The predicted octanol–water partition coefficient (Wildman–Crippen LogP) is 3.16. The maximum atomic E-state index is 12.8. The number of carboxylic acids is 1. The zero-order valence-corrected chi connectivity index (χ0v) is 19.3. The smallest absolute Gasteiger partial charge is 0.407 e. The van der Waals surface area contributed by atoms with Crippen LogP contribution in [0.15, 0.2) is 48.5 Å². The van der Waals surface area contributed by atoms with Crippen molar-refractivity contribution in [2.24, 2.45) is 5.41 Å². The van der Waals surface area contributed by atoms with Gasteiger partial charge >= 0.3 is 12.1 Å². The van der Waals surface area contributed by atoms with E-state index in [1.54, 1.807) is 20.8 Å². The Bertz CT molecular complexity index is 984. The Balaban J connectivity index is 1.69. The van der Waals surface area contributed by atoms with Crippen molar-refractivity contribution in [3.8, 4) is 11.1 Å². The van der Waals surface area contributed by atoms with Gasteiger partial charge in [-0.2, -0.15) is 0 Å². The number of methoxy groups -OCH3 is 1. The van der Waals surface area contributed by atoms with Crippen LogP contribution in [0.3, 0.4) is 0 Å². The fourth-order valence-corrected chi connectivity index (χ4v) is 4.03. The summed E-state index contributed by atoms with van der Waals surface area (Å²) in [6, 6.07) is 13.8. The minimum atomic E-state index is -1.23. The van der Waals surface area contributed by atoms with E-state index in [9.17, 15) is 19.5 Å². The molecule has 1 unspecified atom stereocenters. The second kappa shape index (κ2) is 10.0. The number of alkyl carbamates (subject to hydrolysis) is 1. The fraction of sp³-hybridized carbons (Fsp3) is 0.400. The largest absolute Gasteiger partial charge is 0.480 e. The summed E-state index contributed by atoms with van der Waals surface area (Å²) in [5, 5.41) is 14.3. The van der Waals surface area contributed by atoms with Gasteiger partial charge in [-0.05, 0) is 27.7 Å². The molecule has 33 heavy (non-hydrogen) atoms. The minimum absolute atomic E-state index is 0.108. The van der Waals surface area contributed by atoms with Crippen LogP contribution in [0.5, 0.6) is 0 Å². The van der Waals surface area contributed by atoms with Gasteiger partial charge in [0.15, 0.2) is 6.04 Å². The summed E-state index contributed by atoms with van der Waals surface area (Å²) in [5.74, 6) is -1.96. The van der Waals surface area contributed by atoms with Gasteiger partial charge in [-0.25, -0.2) is 9.59 Å². The van der Waals surface area contributed by atoms with Crippen LogP contribution in [-0.4, -0.2) is 55.5 Å². The van der Waals surface area contributed by atoms with Gasteiger partial charge in [-0.15, -0.1) is 0 Å². The van der Waals surface area contributed by atoms with E-state index in [4.69, 9.17) is 9.47 Å². The molecular weight excluding hydrogens is 424 g/mol. The van der Waals surface area contributed by atoms with Crippen molar-refractivity contribution in [2.45, 2.75) is 38.8 Å². The highest BCUT2D eigenvalue weighted by atomic mass is 16.5. The lowest BCUT2D eigenvalue weighted by Gasteiger charge is -2.31. The van der Waals surface area contributed by atoms with E-state index in [2.05, 4.69) is 10.6 Å². The number of benzene rings is 2. The predicted molar refractivity (Wildman–Crippen MR) is 123 cm³/mol. The average molecular weight is 455 g/mol. The highest BCUT2D eigenvalue weighted by Crippen LogP contribution is 2.44. The molecule has 2 aromatic rings. The zero-order valence-electron chi connectivity index (χ0n) is 19.3. The molecule has 0 aromatic heterocycles. The lowest BCUT2D eigenvalue weighted by molar-refractivity contribution is -0.144. The van der Waals surface area contributed by atoms with E-state index >= 15 is 0 Å². The molecule has 0 fully saturated rings. The molecule has 1 aliphatic carbocycles. The lowest BCUT2D eigenvalue weighted by Crippen LogP contribution is -2.57. The van der Waals surface area contributed by atoms with Crippen LogP contribution in [0.4, 0.5) is 4.79 Å². The van der Waals surface area contributed by atoms with Gasteiger partial charge in [0.1, 0.15) is 12.6 Å². The topological polar surface area (TPSA) is 114 Å². The van der Waals surface area contributed by atoms with Crippen LogP contribution in [0.2, 0.25) is 0 Å². The first kappa shape index (κ1) is 24.3. The van der Waals surface area contributed by atoms with Crippen LogP contribution < -0.4 is 10.6 Å². The van der Waals surface area contributed by atoms with E-state index in [0.29, 0.717) is 0 Å². The summed E-state index contributed by atoms with van der Waals surface area (Å²) >= 11 is 0. The Hall–Kier alpha value is -3.39. The molecule has 0 bridgehead atoms. The molecule has 8 nitrogen and oxygen atoms in total. The maximum absolute atomic E-state index is 12.8. The monoisotopic (exact) mass is 454 g/mol. The van der Waals surface area contributed by atoms with Gasteiger partial charge in [0, 0.05) is 13.0 Å². The standard InChI is InChI=1S/C25H30N2O6/c1-25(2,3)21(22(28)26-20(14-32-4)23(29)30)27-24(31)33-13-19-17-11-7-5-9-15(17)16-10-6-8-12-18(16)19/h5-12,19-21H,13-14H2,1-4H3,(H,26,28)(H,27,31)(H,29,30)/t20-,21?/m0/s1. The quantitative estimate of drug-likeness (QED) is 0.565. The molecule has 3 rings (SSSR count). The second-order valence-electron chi connectivity index (χ2n) is 9.12. The van der Waals surface area contributed by atoms with Crippen molar-refractivity contribution >= 4 is 18.0 Å². The number of carbonyl (C=O) groups excluding carboxylic acids is 2. The van der Waals surface area contributed by atoms with Crippen molar-refractivity contribution in [1.82, 2.24) is 10.6 Å². The first-order valence-electron chi connectivity index (χ1n) is 10.8. The third-order valence-corrected chi connectivity index (χ3v) is 5.68. The molecule has 0 saturated heterocycles. The molecule has 2 atom stereocenters. The van der Waals surface area contributed by atoms with E-state index in [1.807, 2.05) is 48.5 Å². The van der Waals surface area contributed by atoms with Crippen LogP contribution in [0.25, 0.3) is 11.1 Å². The fourth-order valence-electron chi connectivity index (χ4n) is 4.03. The Morgan fingerprint density at radius 3 is 2.00 bits per heavy atom. The highest BCUT2D eigenvalue weighted by molar-refractivity contribution is 5.90. The van der Waals surface area contributed by atoms with Gasteiger partial charge < -0.3 is 25.2 Å². The summed E-state index contributed by atoms with van der Waals surface area (Å²) in [6.07, 6.45) is -0.745. The molecule has 0 heterocycles. The van der Waals surface area contributed by atoms with Crippen molar-refractivity contribution in [3.63, 3.8) is 0 Å². The van der Waals surface area contributed by atoms with Gasteiger partial charge in [0.2, 0.25) is 5.91 Å². The average Bonchev–Trinajstić information content (AvgIpc) is 3.08. The summed E-state index contributed by atoms with van der Waals surface area (Å²) in [5.41, 5.74) is 3.71. The van der Waals surface area contributed by atoms with Gasteiger partial charge in [-0.1, -0.05) is 69.3 Å². The summed E-state index contributed by atoms with van der Waals surface area (Å²) < 4.78 is 10.4. The molecule has 3 N–H and O–H groups in total. The molecule has 2 aromatic carbocycles. The highest BCUT2D eigenvalue weighted by Gasteiger charge is 2.36. The number of nitrogens with one attached hydrogen (secondary N) is 2. The van der Waals surface area contributed by atoms with Crippen molar-refractivity contribution in [1.29, 1.82) is 0 Å².